The van der Waals surface area contributed by atoms with Gasteiger partial charge in [-0.05, 0) is 73.2 Å². The SMILES string of the molecule is CC(C)Cn1c(CCCc2ccc(OC(C)(C)C(=O)O)cc2)nc2cc3ccccc3cc21. The van der Waals surface area contributed by atoms with E-state index in [1.807, 2.05) is 24.3 Å². The van der Waals surface area contributed by atoms with Gasteiger partial charge in [0.25, 0.3) is 0 Å². The number of aromatic nitrogens is 2. The molecule has 172 valence electrons. The molecule has 0 atom stereocenters. The van der Waals surface area contributed by atoms with Gasteiger partial charge in [0.05, 0.1) is 11.0 Å². The molecular weight excluding hydrogens is 412 g/mol. The second-order valence-electron chi connectivity index (χ2n) is 9.64. The van der Waals surface area contributed by atoms with Crippen LogP contribution in [0.1, 0.15) is 45.5 Å². The predicted molar refractivity (Wildman–Crippen MR) is 133 cm³/mol. The van der Waals surface area contributed by atoms with Gasteiger partial charge in [0.2, 0.25) is 0 Å². The van der Waals surface area contributed by atoms with E-state index in [4.69, 9.17) is 9.72 Å². The van der Waals surface area contributed by atoms with Crippen LogP contribution in [0.3, 0.4) is 0 Å². The summed E-state index contributed by atoms with van der Waals surface area (Å²) in [5.41, 5.74) is 2.22. The number of carbonyl (C=O) groups is 1. The van der Waals surface area contributed by atoms with E-state index in [2.05, 4.69) is 54.8 Å². The van der Waals surface area contributed by atoms with Crippen molar-refractivity contribution < 1.29 is 14.6 Å². The van der Waals surface area contributed by atoms with Gasteiger partial charge in [0.15, 0.2) is 5.60 Å². The number of aryl methyl sites for hydroxylation is 2. The Labute approximate surface area is 195 Å². The largest absolute Gasteiger partial charge is 0.478 e. The number of imidazole rings is 1. The van der Waals surface area contributed by atoms with E-state index < -0.39 is 11.6 Å². The van der Waals surface area contributed by atoms with E-state index in [0.29, 0.717) is 11.7 Å². The van der Waals surface area contributed by atoms with Crippen molar-refractivity contribution in [3.63, 3.8) is 0 Å². The van der Waals surface area contributed by atoms with Crippen LogP contribution in [-0.2, 0) is 24.2 Å². The minimum atomic E-state index is -1.25. The Morgan fingerprint density at radius 3 is 2.33 bits per heavy atom. The Balaban J connectivity index is 1.48. The molecule has 0 amide bonds. The minimum absolute atomic E-state index is 0.537. The Morgan fingerprint density at radius 2 is 1.70 bits per heavy atom. The molecule has 1 heterocycles. The molecule has 0 saturated heterocycles. The van der Waals surface area contributed by atoms with Crippen molar-refractivity contribution in [3.8, 4) is 5.75 Å². The molecule has 0 unspecified atom stereocenters. The molecule has 0 saturated carbocycles. The van der Waals surface area contributed by atoms with Crippen LogP contribution < -0.4 is 4.74 Å². The van der Waals surface area contributed by atoms with Crippen LogP contribution in [0, 0.1) is 5.92 Å². The van der Waals surface area contributed by atoms with Crippen molar-refractivity contribution in [1.82, 2.24) is 9.55 Å². The zero-order valence-corrected chi connectivity index (χ0v) is 19.8. The Bertz CT molecular complexity index is 1270. The summed E-state index contributed by atoms with van der Waals surface area (Å²) in [6.07, 6.45) is 2.82. The van der Waals surface area contributed by atoms with Crippen molar-refractivity contribution in [3.05, 3.63) is 72.1 Å². The van der Waals surface area contributed by atoms with Gasteiger partial charge < -0.3 is 14.4 Å². The predicted octanol–water partition coefficient (Wildman–Crippen LogP) is 6.26. The number of hydrogen-bond donors (Lipinski definition) is 1. The molecule has 1 N–H and O–H groups in total. The summed E-state index contributed by atoms with van der Waals surface area (Å²) >= 11 is 0. The van der Waals surface area contributed by atoms with Crippen LogP contribution in [0.5, 0.6) is 5.75 Å². The van der Waals surface area contributed by atoms with Gasteiger partial charge >= 0.3 is 5.97 Å². The van der Waals surface area contributed by atoms with Gasteiger partial charge in [-0.25, -0.2) is 9.78 Å². The fourth-order valence-electron chi connectivity index (χ4n) is 4.13. The molecule has 33 heavy (non-hydrogen) atoms. The van der Waals surface area contributed by atoms with Crippen LogP contribution in [0.4, 0.5) is 0 Å². The topological polar surface area (TPSA) is 64.3 Å². The third kappa shape index (κ3) is 5.19. The second kappa shape index (κ2) is 9.26. The quantitative estimate of drug-likeness (QED) is 0.331. The number of ether oxygens (including phenoxy) is 1. The lowest BCUT2D eigenvalue weighted by molar-refractivity contribution is -0.152. The molecule has 5 heteroatoms. The first-order chi connectivity index (χ1) is 15.7. The molecule has 0 fully saturated rings. The average Bonchev–Trinajstić information content (AvgIpc) is 3.08. The molecule has 0 aliphatic heterocycles. The lowest BCUT2D eigenvalue weighted by Crippen LogP contribution is -2.37. The van der Waals surface area contributed by atoms with Crippen molar-refractivity contribution in [1.29, 1.82) is 0 Å². The van der Waals surface area contributed by atoms with E-state index in [0.717, 1.165) is 37.1 Å². The highest BCUT2D eigenvalue weighted by Gasteiger charge is 2.29. The van der Waals surface area contributed by atoms with Crippen molar-refractivity contribution >= 4 is 27.8 Å². The Hall–Kier alpha value is -3.34. The average molecular weight is 445 g/mol. The standard InChI is InChI=1S/C28H32N2O3/c1-19(2)18-30-25-17-22-10-6-5-9-21(22)16-24(25)29-26(30)11-7-8-20-12-14-23(15-13-20)33-28(3,4)27(31)32/h5-6,9-10,12-17,19H,7-8,11,18H2,1-4H3,(H,31,32). The summed E-state index contributed by atoms with van der Waals surface area (Å²) in [5, 5.41) is 11.7. The van der Waals surface area contributed by atoms with Crippen LogP contribution in [0.25, 0.3) is 21.8 Å². The van der Waals surface area contributed by atoms with Gasteiger partial charge in [0, 0.05) is 13.0 Å². The molecule has 3 aromatic carbocycles. The van der Waals surface area contributed by atoms with Gasteiger partial charge in [0.1, 0.15) is 11.6 Å². The Kier molecular flexibility index (Phi) is 6.41. The molecule has 0 radical (unpaired) electrons. The molecule has 0 bridgehead atoms. The number of benzene rings is 3. The summed E-state index contributed by atoms with van der Waals surface area (Å²) in [6, 6.07) is 20.6. The van der Waals surface area contributed by atoms with Crippen LogP contribution in [0.15, 0.2) is 60.7 Å². The first-order valence-electron chi connectivity index (χ1n) is 11.6. The summed E-state index contributed by atoms with van der Waals surface area (Å²) in [7, 11) is 0. The van der Waals surface area contributed by atoms with Crippen LogP contribution in [0.2, 0.25) is 0 Å². The maximum atomic E-state index is 11.3. The highest BCUT2D eigenvalue weighted by atomic mass is 16.5. The summed E-state index contributed by atoms with van der Waals surface area (Å²) in [4.78, 5) is 16.3. The molecular formula is C28H32N2O3. The molecule has 4 aromatic rings. The van der Waals surface area contributed by atoms with Crippen molar-refractivity contribution in [2.45, 2.75) is 59.1 Å². The lowest BCUT2D eigenvalue weighted by Gasteiger charge is -2.21. The summed E-state index contributed by atoms with van der Waals surface area (Å²) in [5.74, 6) is 1.26. The normalized spacial score (nSPS) is 12.0. The lowest BCUT2D eigenvalue weighted by atomic mass is 10.1. The van der Waals surface area contributed by atoms with E-state index in [1.165, 1.54) is 21.9 Å². The number of carboxylic acids is 1. The number of aliphatic carboxylic acids is 1. The molecule has 0 aliphatic rings. The zero-order chi connectivity index (χ0) is 23.6. The summed E-state index contributed by atoms with van der Waals surface area (Å²) in [6.45, 7) is 8.54. The van der Waals surface area contributed by atoms with Gasteiger partial charge in [-0.3, -0.25) is 0 Å². The smallest absolute Gasteiger partial charge is 0.347 e. The summed E-state index contributed by atoms with van der Waals surface area (Å²) < 4.78 is 7.98. The van der Waals surface area contributed by atoms with E-state index in [1.54, 1.807) is 13.8 Å². The Morgan fingerprint density at radius 1 is 1.03 bits per heavy atom. The first kappa shape index (κ1) is 22.8. The maximum absolute atomic E-state index is 11.3. The third-order valence-electron chi connectivity index (χ3n) is 5.92. The number of rotatable bonds is 9. The maximum Gasteiger partial charge on any atom is 0.347 e. The molecule has 4 rings (SSSR count). The third-order valence-corrected chi connectivity index (χ3v) is 5.92. The first-order valence-corrected chi connectivity index (χ1v) is 11.6. The molecule has 0 aliphatic carbocycles. The van der Waals surface area contributed by atoms with Crippen LogP contribution in [-0.4, -0.2) is 26.2 Å². The van der Waals surface area contributed by atoms with Gasteiger partial charge in [-0.15, -0.1) is 0 Å². The monoisotopic (exact) mass is 444 g/mol. The molecule has 1 aromatic heterocycles. The van der Waals surface area contributed by atoms with Crippen molar-refractivity contribution in [2.75, 3.05) is 0 Å². The number of carboxylic acid groups (broad SMARTS) is 1. The second-order valence-corrected chi connectivity index (χ2v) is 9.64. The zero-order valence-electron chi connectivity index (χ0n) is 19.8. The van der Waals surface area contributed by atoms with Gasteiger partial charge in [-0.1, -0.05) is 50.2 Å². The fraction of sp³-hybridized carbons (Fsp3) is 0.357. The highest BCUT2D eigenvalue weighted by molar-refractivity contribution is 5.95. The molecule has 0 spiro atoms. The van der Waals surface area contributed by atoms with Gasteiger partial charge in [-0.2, -0.15) is 0 Å². The number of fused-ring (bicyclic) bond motifs is 2. The van der Waals surface area contributed by atoms with Crippen LogP contribution >= 0.6 is 0 Å². The van der Waals surface area contributed by atoms with Crippen molar-refractivity contribution in [2.24, 2.45) is 5.92 Å². The highest BCUT2D eigenvalue weighted by Crippen LogP contribution is 2.26. The van der Waals surface area contributed by atoms with E-state index >= 15 is 0 Å². The van der Waals surface area contributed by atoms with E-state index in [-0.39, 0.29) is 0 Å². The molecule has 5 nitrogen and oxygen atoms in total. The number of hydrogen-bond acceptors (Lipinski definition) is 3. The number of nitrogens with zero attached hydrogens (tertiary/aromatic N) is 2. The minimum Gasteiger partial charge on any atom is -0.478 e. The van der Waals surface area contributed by atoms with E-state index in [9.17, 15) is 9.90 Å². The fourth-order valence-corrected chi connectivity index (χ4v) is 4.13.